The second-order valence-electron chi connectivity index (χ2n) is 3.63. The Bertz CT molecular complexity index is 654. The van der Waals surface area contributed by atoms with Crippen LogP contribution in [-0.2, 0) is 7.05 Å². The number of benzene rings is 1. The van der Waals surface area contributed by atoms with E-state index in [1.807, 2.05) is 29.9 Å². The maximum atomic E-state index is 6.15. The second-order valence-corrected chi connectivity index (χ2v) is 5.09. The molecule has 3 aromatic rings. The highest BCUT2D eigenvalue weighted by Gasteiger charge is 2.09. The average molecular weight is 249 g/mol. The van der Waals surface area contributed by atoms with E-state index < -0.39 is 0 Å². The number of aromatic nitrogens is 2. The quantitative estimate of drug-likeness (QED) is 0.638. The highest BCUT2D eigenvalue weighted by molar-refractivity contribution is 7.22. The van der Waals surface area contributed by atoms with Crippen molar-refractivity contribution in [3.8, 4) is 10.7 Å². The number of aryl methyl sites for hydroxylation is 1. The van der Waals surface area contributed by atoms with Crippen molar-refractivity contribution < 1.29 is 0 Å². The third-order valence-electron chi connectivity index (χ3n) is 2.54. The minimum atomic E-state index is 0.808. The zero-order chi connectivity index (χ0) is 11.1. The summed E-state index contributed by atoms with van der Waals surface area (Å²) in [5.74, 6) is 0.984. The number of hydrogen-bond acceptors (Lipinski definition) is 2. The van der Waals surface area contributed by atoms with E-state index in [1.54, 1.807) is 17.5 Å². The fourth-order valence-electron chi connectivity index (χ4n) is 1.74. The molecule has 80 valence electrons. The lowest BCUT2D eigenvalue weighted by Gasteiger charge is -1.95. The first-order chi connectivity index (χ1) is 7.75. The smallest absolute Gasteiger partial charge is 0.149 e. The first-order valence-corrected chi connectivity index (χ1v) is 6.11. The second kappa shape index (κ2) is 3.61. The molecular weight excluding hydrogens is 240 g/mol. The Labute approximate surface area is 102 Å². The molecule has 0 aliphatic heterocycles. The van der Waals surface area contributed by atoms with Crippen molar-refractivity contribution >= 4 is 33.0 Å². The maximum Gasteiger partial charge on any atom is 0.149 e. The Morgan fingerprint density at radius 1 is 1.38 bits per heavy atom. The van der Waals surface area contributed by atoms with Crippen LogP contribution >= 0.6 is 22.9 Å². The molecular formula is C12H9ClN2S. The van der Waals surface area contributed by atoms with Gasteiger partial charge in [0.05, 0.1) is 14.6 Å². The van der Waals surface area contributed by atoms with Crippen LogP contribution in [0, 0.1) is 0 Å². The van der Waals surface area contributed by atoms with E-state index in [9.17, 15) is 0 Å². The normalized spacial score (nSPS) is 11.1. The van der Waals surface area contributed by atoms with Crippen LogP contribution in [0.25, 0.3) is 20.8 Å². The minimum Gasteiger partial charge on any atom is -0.333 e. The molecule has 0 spiro atoms. The number of nitrogens with zero attached hydrogens (tertiary/aromatic N) is 2. The maximum absolute atomic E-state index is 6.15. The molecule has 2 nitrogen and oxygen atoms in total. The standard InChI is InChI=1S/C12H9ClN2S/c1-15-6-5-14-12(15)10-7-8-3-2-4-9(13)11(8)16-10/h2-7H,1H3. The molecule has 0 radical (unpaired) electrons. The van der Waals surface area contributed by atoms with Gasteiger partial charge in [-0.2, -0.15) is 0 Å². The van der Waals surface area contributed by atoms with E-state index in [0.29, 0.717) is 0 Å². The number of imidazole rings is 1. The summed E-state index contributed by atoms with van der Waals surface area (Å²) >= 11 is 7.84. The molecule has 2 aromatic heterocycles. The molecule has 0 saturated heterocycles. The van der Waals surface area contributed by atoms with Crippen LogP contribution in [0.1, 0.15) is 0 Å². The Morgan fingerprint density at radius 2 is 2.25 bits per heavy atom. The average Bonchev–Trinajstić information content (AvgIpc) is 2.84. The van der Waals surface area contributed by atoms with E-state index in [2.05, 4.69) is 17.1 Å². The van der Waals surface area contributed by atoms with Gasteiger partial charge in [-0.05, 0) is 17.5 Å². The third-order valence-corrected chi connectivity index (χ3v) is 4.14. The summed E-state index contributed by atoms with van der Waals surface area (Å²) in [6, 6.07) is 8.10. The molecule has 2 heterocycles. The summed E-state index contributed by atoms with van der Waals surface area (Å²) in [5.41, 5.74) is 0. The number of halogens is 1. The van der Waals surface area contributed by atoms with Crippen molar-refractivity contribution in [2.24, 2.45) is 7.05 Å². The van der Waals surface area contributed by atoms with Crippen molar-refractivity contribution in [1.29, 1.82) is 0 Å². The zero-order valence-electron chi connectivity index (χ0n) is 8.64. The SMILES string of the molecule is Cn1ccnc1-c1cc2cccc(Cl)c2s1. The molecule has 16 heavy (non-hydrogen) atoms. The van der Waals surface area contributed by atoms with Gasteiger partial charge in [-0.25, -0.2) is 4.98 Å². The van der Waals surface area contributed by atoms with Gasteiger partial charge in [-0.15, -0.1) is 11.3 Å². The topological polar surface area (TPSA) is 17.8 Å². The van der Waals surface area contributed by atoms with Crippen LogP contribution in [0.2, 0.25) is 5.02 Å². The van der Waals surface area contributed by atoms with Crippen molar-refractivity contribution in [2.45, 2.75) is 0 Å². The monoisotopic (exact) mass is 248 g/mol. The summed E-state index contributed by atoms with van der Waals surface area (Å²) in [6.07, 6.45) is 3.75. The van der Waals surface area contributed by atoms with Gasteiger partial charge in [-0.3, -0.25) is 0 Å². The Kier molecular flexibility index (Phi) is 2.23. The van der Waals surface area contributed by atoms with E-state index >= 15 is 0 Å². The summed E-state index contributed by atoms with van der Waals surface area (Å²) in [6.45, 7) is 0. The molecule has 1 aromatic carbocycles. The van der Waals surface area contributed by atoms with Gasteiger partial charge in [-0.1, -0.05) is 23.7 Å². The van der Waals surface area contributed by atoms with Crippen LogP contribution in [0.4, 0.5) is 0 Å². The number of hydrogen-bond donors (Lipinski definition) is 0. The largest absolute Gasteiger partial charge is 0.333 e. The lowest BCUT2D eigenvalue weighted by atomic mass is 10.2. The molecule has 0 saturated carbocycles. The highest BCUT2D eigenvalue weighted by atomic mass is 35.5. The fraction of sp³-hybridized carbons (Fsp3) is 0.0833. The van der Waals surface area contributed by atoms with Gasteiger partial charge in [0.2, 0.25) is 0 Å². The Balaban J connectivity index is 2.27. The number of thiophene rings is 1. The van der Waals surface area contributed by atoms with Crippen LogP contribution in [0.5, 0.6) is 0 Å². The van der Waals surface area contributed by atoms with E-state index in [1.165, 1.54) is 5.39 Å². The van der Waals surface area contributed by atoms with Crippen LogP contribution in [0.3, 0.4) is 0 Å². The van der Waals surface area contributed by atoms with Gasteiger partial charge in [0.25, 0.3) is 0 Å². The first kappa shape index (κ1) is 9.87. The molecule has 3 rings (SSSR count). The van der Waals surface area contributed by atoms with Gasteiger partial charge in [0.1, 0.15) is 5.82 Å². The van der Waals surface area contributed by atoms with Gasteiger partial charge >= 0.3 is 0 Å². The first-order valence-electron chi connectivity index (χ1n) is 4.91. The summed E-state index contributed by atoms with van der Waals surface area (Å²) in [4.78, 5) is 5.49. The lowest BCUT2D eigenvalue weighted by Crippen LogP contribution is -1.87. The van der Waals surface area contributed by atoms with Crippen molar-refractivity contribution in [3.63, 3.8) is 0 Å². The van der Waals surface area contributed by atoms with Crippen LogP contribution in [0.15, 0.2) is 36.7 Å². The van der Waals surface area contributed by atoms with Gasteiger partial charge in [0.15, 0.2) is 0 Å². The molecule has 0 N–H and O–H groups in total. The Morgan fingerprint density at radius 3 is 2.94 bits per heavy atom. The highest BCUT2D eigenvalue weighted by Crippen LogP contribution is 2.36. The summed E-state index contributed by atoms with van der Waals surface area (Å²) in [5, 5.41) is 1.98. The third kappa shape index (κ3) is 1.44. The van der Waals surface area contributed by atoms with E-state index in [0.717, 1.165) is 20.4 Å². The molecule has 0 amide bonds. The fourth-order valence-corrected chi connectivity index (χ4v) is 3.14. The van der Waals surface area contributed by atoms with Crippen molar-refractivity contribution in [2.75, 3.05) is 0 Å². The van der Waals surface area contributed by atoms with E-state index in [4.69, 9.17) is 11.6 Å². The van der Waals surface area contributed by atoms with Crippen LogP contribution < -0.4 is 0 Å². The molecule has 4 heteroatoms. The zero-order valence-corrected chi connectivity index (χ0v) is 10.2. The molecule has 0 fully saturated rings. The van der Waals surface area contributed by atoms with Gasteiger partial charge in [0, 0.05) is 19.4 Å². The molecule has 0 bridgehead atoms. The molecule has 0 aliphatic rings. The Hall–Kier alpha value is -1.32. The molecule has 0 atom stereocenters. The van der Waals surface area contributed by atoms with E-state index in [-0.39, 0.29) is 0 Å². The van der Waals surface area contributed by atoms with Crippen molar-refractivity contribution in [1.82, 2.24) is 9.55 Å². The number of fused-ring (bicyclic) bond motifs is 1. The summed E-state index contributed by atoms with van der Waals surface area (Å²) < 4.78 is 3.14. The minimum absolute atomic E-state index is 0.808. The number of rotatable bonds is 1. The molecule has 0 aliphatic carbocycles. The van der Waals surface area contributed by atoms with Crippen molar-refractivity contribution in [3.05, 3.63) is 41.7 Å². The molecule has 0 unspecified atom stereocenters. The predicted octanol–water partition coefficient (Wildman–Crippen LogP) is 3.96. The van der Waals surface area contributed by atoms with Crippen LogP contribution in [-0.4, -0.2) is 9.55 Å². The summed E-state index contributed by atoms with van der Waals surface area (Å²) in [7, 11) is 1.99. The lowest BCUT2D eigenvalue weighted by molar-refractivity contribution is 0.928. The predicted molar refractivity (Wildman–Crippen MR) is 69.0 cm³/mol. The van der Waals surface area contributed by atoms with Gasteiger partial charge < -0.3 is 4.57 Å².